The Bertz CT molecular complexity index is 1460. The molecule has 3 atom stereocenters. The predicted octanol–water partition coefficient (Wildman–Crippen LogP) is 7.00. The number of carbonyl (C=O) groups is 1. The third-order valence-electron chi connectivity index (χ3n) is 8.18. The van der Waals surface area contributed by atoms with Crippen molar-refractivity contribution in [3.63, 3.8) is 0 Å². The molecule has 2 aliphatic heterocycles. The number of nitrogens with one attached hydrogen (secondary N) is 1. The second kappa shape index (κ2) is 17.2. The van der Waals surface area contributed by atoms with Gasteiger partial charge in [-0.15, -0.1) is 0 Å². The Morgan fingerprint density at radius 3 is 2.49 bits per heavy atom. The summed E-state index contributed by atoms with van der Waals surface area (Å²) in [6, 6.07) is 13.8. The number of alkyl halides is 3. The summed E-state index contributed by atoms with van der Waals surface area (Å²) < 4.78 is 88.1. The number of hydrogen-bond acceptors (Lipinski definition) is 9. The zero-order valence-corrected chi connectivity index (χ0v) is 29.5. The standard InChI is InChI=1S/C35H49F3N2O8S/c1-34(2,3)48-33(41)40-18-16-29(25-12-14-28(15-13-25)45-20-7-19-44-24-35(36,37)38)32(23-40)47-31(9-6-21-46-49(4,42)43)27-11-10-26-8-5-17-39-30(26)22-27/h10-15,22,29,31-32,39H,5-9,16-21,23-24H2,1-4H3/t29-,31?,32+/m1/s1. The minimum atomic E-state index is -4.36. The smallest absolute Gasteiger partial charge is 0.411 e. The van der Waals surface area contributed by atoms with Gasteiger partial charge in [0, 0.05) is 31.1 Å². The van der Waals surface area contributed by atoms with Gasteiger partial charge in [0.1, 0.15) is 18.0 Å². The number of carbonyl (C=O) groups excluding carboxylic acids is 1. The van der Waals surface area contributed by atoms with Gasteiger partial charge in [0.25, 0.3) is 10.1 Å². The molecule has 49 heavy (non-hydrogen) atoms. The number of ether oxygens (including phenoxy) is 4. The molecule has 1 amide bonds. The highest BCUT2D eigenvalue weighted by atomic mass is 32.2. The van der Waals surface area contributed by atoms with E-state index >= 15 is 0 Å². The fourth-order valence-corrected chi connectivity index (χ4v) is 6.38. The minimum absolute atomic E-state index is 0.0237. The van der Waals surface area contributed by atoms with Crippen molar-refractivity contribution in [1.82, 2.24) is 4.90 Å². The molecule has 1 unspecified atom stereocenters. The van der Waals surface area contributed by atoms with Crippen molar-refractivity contribution < 1.29 is 49.5 Å². The molecule has 2 aromatic carbocycles. The van der Waals surface area contributed by atoms with Crippen molar-refractivity contribution in [1.29, 1.82) is 0 Å². The number of likely N-dealkylation sites (tertiary alicyclic amines) is 1. The Morgan fingerprint density at radius 1 is 1.04 bits per heavy atom. The first-order valence-corrected chi connectivity index (χ1v) is 18.6. The zero-order valence-electron chi connectivity index (χ0n) is 28.7. The van der Waals surface area contributed by atoms with E-state index in [2.05, 4.69) is 28.3 Å². The lowest BCUT2D eigenvalue weighted by Crippen LogP contribution is -2.48. The number of anilines is 1. The predicted molar refractivity (Wildman–Crippen MR) is 179 cm³/mol. The third kappa shape index (κ3) is 13.3. The number of hydrogen-bond donors (Lipinski definition) is 1. The maximum Gasteiger partial charge on any atom is 0.411 e. The molecule has 1 saturated heterocycles. The molecule has 2 aliphatic rings. The topological polar surface area (TPSA) is 113 Å². The second-order valence-corrected chi connectivity index (χ2v) is 15.2. The Kier molecular flexibility index (Phi) is 13.6. The summed E-state index contributed by atoms with van der Waals surface area (Å²) in [5.74, 6) is 0.488. The van der Waals surface area contributed by atoms with E-state index in [1.807, 2.05) is 45.0 Å². The van der Waals surface area contributed by atoms with Crippen LogP contribution in [0.5, 0.6) is 5.75 Å². The highest BCUT2D eigenvalue weighted by Crippen LogP contribution is 2.38. The number of fused-ring (bicyclic) bond motifs is 1. The van der Waals surface area contributed by atoms with Crippen LogP contribution in [0.4, 0.5) is 23.7 Å². The summed E-state index contributed by atoms with van der Waals surface area (Å²) in [5.41, 5.74) is 3.56. The van der Waals surface area contributed by atoms with Crippen LogP contribution in [0.25, 0.3) is 0 Å². The maximum absolute atomic E-state index is 13.2. The molecule has 0 bridgehead atoms. The van der Waals surface area contributed by atoms with Crippen molar-refractivity contribution >= 4 is 21.9 Å². The molecule has 274 valence electrons. The van der Waals surface area contributed by atoms with Crippen LogP contribution in [0.1, 0.15) is 81.6 Å². The Labute approximate surface area is 287 Å². The van der Waals surface area contributed by atoms with E-state index in [0.29, 0.717) is 38.0 Å². The number of halogens is 3. The molecule has 0 aromatic heterocycles. The number of benzene rings is 2. The molecule has 1 fully saturated rings. The summed E-state index contributed by atoms with van der Waals surface area (Å²) in [7, 11) is -3.59. The third-order valence-corrected chi connectivity index (χ3v) is 8.77. The maximum atomic E-state index is 13.2. The normalized spacial score (nSPS) is 19.1. The van der Waals surface area contributed by atoms with E-state index in [9.17, 15) is 26.4 Å². The highest BCUT2D eigenvalue weighted by molar-refractivity contribution is 7.85. The number of aryl methyl sites for hydroxylation is 1. The van der Waals surface area contributed by atoms with Gasteiger partial charge in [-0.3, -0.25) is 4.18 Å². The molecular weight excluding hydrogens is 665 g/mol. The minimum Gasteiger partial charge on any atom is -0.494 e. The molecule has 2 heterocycles. The summed E-state index contributed by atoms with van der Waals surface area (Å²) >= 11 is 0. The van der Waals surface area contributed by atoms with Crippen LogP contribution >= 0.6 is 0 Å². The van der Waals surface area contributed by atoms with Gasteiger partial charge in [-0.25, -0.2) is 4.79 Å². The molecule has 2 aromatic rings. The van der Waals surface area contributed by atoms with E-state index < -0.39 is 46.8 Å². The number of rotatable bonds is 15. The first kappa shape index (κ1) is 38.7. The molecular formula is C35H49F3N2O8S. The van der Waals surface area contributed by atoms with E-state index in [-0.39, 0.29) is 32.3 Å². The van der Waals surface area contributed by atoms with Gasteiger partial charge in [0.15, 0.2) is 0 Å². The molecule has 0 spiro atoms. The van der Waals surface area contributed by atoms with Gasteiger partial charge in [-0.2, -0.15) is 21.6 Å². The fourth-order valence-electron chi connectivity index (χ4n) is 5.96. The van der Waals surface area contributed by atoms with E-state index in [0.717, 1.165) is 42.5 Å². The number of nitrogens with zero attached hydrogens (tertiary/aromatic N) is 1. The lowest BCUT2D eigenvalue weighted by atomic mass is 9.86. The summed E-state index contributed by atoms with van der Waals surface area (Å²) in [6.45, 7) is 5.99. The van der Waals surface area contributed by atoms with Gasteiger partial charge >= 0.3 is 12.3 Å². The lowest BCUT2D eigenvalue weighted by Gasteiger charge is -2.40. The van der Waals surface area contributed by atoms with Crippen molar-refractivity contribution in [3.8, 4) is 5.75 Å². The Balaban J connectivity index is 1.51. The van der Waals surface area contributed by atoms with Crippen molar-refractivity contribution in [3.05, 3.63) is 59.2 Å². The van der Waals surface area contributed by atoms with Crippen LogP contribution in [-0.4, -0.2) is 89.6 Å². The average Bonchev–Trinajstić information content (AvgIpc) is 3.02. The van der Waals surface area contributed by atoms with Crippen molar-refractivity contribution in [2.24, 2.45) is 0 Å². The Hall–Kier alpha value is -3.07. The molecule has 0 aliphatic carbocycles. The first-order chi connectivity index (χ1) is 23.1. The monoisotopic (exact) mass is 714 g/mol. The van der Waals surface area contributed by atoms with Crippen LogP contribution < -0.4 is 10.1 Å². The molecule has 1 N–H and O–H groups in total. The lowest BCUT2D eigenvalue weighted by molar-refractivity contribution is -0.174. The van der Waals surface area contributed by atoms with Crippen LogP contribution in [-0.2, 0) is 34.9 Å². The highest BCUT2D eigenvalue weighted by Gasteiger charge is 2.37. The molecule has 0 radical (unpaired) electrons. The van der Waals surface area contributed by atoms with E-state index in [1.54, 1.807) is 4.90 Å². The molecule has 0 saturated carbocycles. The number of amides is 1. The van der Waals surface area contributed by atoms with Crippen LogP contribution in [0.15, 0.2) is 42.5 Å². The quantitative estimate of drug-likeness (QED) is 0.154. The summed E-state index contributed by atoms with van der Waals surface area (Å²) in [5, 5.41) is 3.47. The largest absolute Gasteiger partial charge is 0.494 e. The van der Waals surface area contributed by atoms with Crippen molar-refractivity contribution in [2.45, 2.75) is 89.2 Å². The zero-order chi connectivity index (χ0) is 35.7. The van der Waals surface area contributed by atoms with Crippen LogP contribution in [0.3, 0.4) is 0 Å². The van der Waals surface area contributed by atoms with Crippen LogP contribution in [0.2, 0.25) is 0 Å². The fraction of sp³-hybridized carbons (Fsp3) is 0.629. The van der Waals surface area contributed by atoms with E-state index in [4.69, 9.17) is 18.4 Å². The second-order valence-electron chi connectivity index (χ2n) is 13.5. The molecule has 4 rings (SSSR count). The number of piperidine rings is 1. The van der Waals surface area contributed by atoms with Gasteiger partial charge in [0.2, 0.25) is 0 Å². The average molecular weight is 715 g/mol. The molecule has 14 heteroatoms. The summed E-state index contributed by atoms with van der Waals surface area (Å²) in [6.07, 6.45) is -0.707. The van der Waals surface area contributed by atoms with Gasteiger partial charge in [-0.1, -0.05) is 24.3 Å². The van der Waals surface area contributed by atoms with Crippen molar-refractivity contribution in [2.75, 3.05) is 57.6 Å². The summed E-state index contributed by atoms with van der Waals surface area (Å²) in [4.78, 5) is 14.8. The van der Waals surface area contributed by atoms with E-state index in [1.165, 1.54) is 5.56 Å². The van der Waals surface area contributed by atoms with Gasteiger partial charge in [-0.05, 0) is 87.8 Å². The molecule has 10 nitrogen and oxygen atoms in total. The Morgan fingerprint density at radius 2 is 1.80 bits per heavy atom. The van der Waals surface area contributed by atoms with Crippen LogP contribution in [0, 0.1) is 0 Å². The SMILES string of the molecule is CC(C)(C)OC(=O)N1CC[C@H](c2ccc(OCCCOCC(F)(F)F)cc2)[C@@H](OC(CCCOS(C)(=O)=O)c2ccc3c(c2)NCCC3)C1. The van der Waals surface area contributed by atoms with Gasteiger partial charge in [0.05, 0.1) is 44.8 Å². The first-order valence-electron chi connectivity index (χ1n) is 16.8. The van der Waals surface area contributed by atoms with Gasteiger partial charge < -0.3 is 29.2 Å².